The van der Waals surface area contributed by atoms with Crippen LogP contribution in [0.4, 0.5) is 0 Å². The number of carbonyl (C=O) groups is 2. The Morgan fingerprint density at radius 1 is 1.26 bits per heavy atom. The van der Waals surface area contributed by atoms with Crippen molar-refractivity contribution in [2.24, 2.45) is 11.8 Å². The molecule has 0 aromatic heterocycles. The van der Waals surface area contributed by atoms with E-state index in [4.69, 9.17) is 14.2 Å². The predicted octanol–water partition coefficient (Wildman–Crippen LogP) is -1.78. The monoisotopic (exact) mass is 388 g/mol. The molecule has 10 nitrogen and oxygen atoms in total. The van der Waals surface area contributed by atoms with Gasteiger partial charge in [0.1, 0.15) is 30.7 Å². The number of hydrogen-bond acceptors (Lipinski definition) is 10. The van der Waals surface area contributed by atoms with Gasteiger partial charge in [0.2, 0.25) is 6.29 Å². The molecule has 2 aliphatic rings. The smallest absolute Gasteiger partial charge is 0.337 e. The van der Waals surface area contributed by atoms with E-state index in [1.165, 1.54) is 13.2 Å². The topological polar surface area (TPSA) is 152 Å². The Balaban J connectivity index is 2.22. The largest absolute Gasteiger partial charge is 0.471 e. The maximum Gasteiger partial charge on any atom is 0.337 e. The number of ether oxygens (including phenoxy) is 4. The third-order valence-electron chi connectivity index (χ3n) is 4.67. The summed E-state index contributed by atoms with van der Waals surface area (Å²) in [4.78, 5) is 23.0. The number of aldehydes is 1. The molecule has 2 rings (SSSR count). The second kappa shape index (κ2) is 9.40. The number of aliphatic hydroxyl groups excluding tert-OH is 4. The summed E-state index contributed by atoms with van der Waals surface area (Å²) >= 11 is 0. The molecule has 4 N–H and O–H groups in total. The molecule has 0 aromatic rings. The normalized spacial score (nSPS) is 39.1. The van der Waals surface area contributed by atoms with Crippen molar-refractivity contribution in [2.45, 2.75) is 43.4 Å². The molecule has 2 aliphatic heterocycles. The zero-order valence-corrected chi connectivity index (χ0v) is 14.7. The molecule has 0 saturated carbocycles. The van der Waals surface area contributed by atoms with Crippen molar-refractivity contribution < 1.29 is 49.0 Å². The fourth-order valence-corrected chi connectivity index (χ4v) is 3.13. The lowest BCUT2D eigenvalue weighted by Gasteiger charge is -2.42. The van der Waals surface area contributed by atoms with Crippen LogP contribution in [0.1, 0.15) is 6.42 Å². The van der Waals surface area contributed by atoms with E-state index in [1.807, 2.05) is 0 Å². The number of esters is 1. The van der Waals surface area contributed by atoms with Crippen LogP contribution < -0.4 is 0 Å². The minimum absolute atomic E-state index is 0.0322. The van der Waals surface area contributed by atoms with Crippen LogP contribution in [-0.2, 0) is 28.5 Å². The average Bonchev–Trinajstić information content (AvgIpc) is 2.68. The molecule has 0 aliphatic carbocycles. The highest BCUT2D eigenvalue weighted by atomic mass is 16.8. The van der Waals surface area contributed by atoms with E-state index in [0.717, 1.165) is 6.26 Å². The van der Waals surface area contributed by atoms with Crippen LogP contribution >= 0.6 is 0 Å². The first-order valence-electron chi connectivity index (χ1n) is 8.35. The molecule has 10 heteroatoms. The standard InChI is InChI=1S/C17H24O10/c1-3-8-9(4-5-18)10(15(23)24-2)7-25-16(8)27-17-14(22)13(21)12(20)11(6-19)26-17/h3,5,7-9,11-14,16-17,19-22H,1,4,6H2,2H3/t8-,9-,11-,12-,13+,14-,16+,17+/m0/s1. The minimum atomic E-state index is -1.62. The molecule has 2 heterocycles. The molecular formula is C17H24O10. The van der Waals surface area contributed by atoms with E-state index < -0.39 is 61.4 Å². The third kappa shape index (κ3) is 4.37. The van der Waals surface area contributed by atoms with Crippen LogP contribution in [0.2, 0.25) is 0 Å². The minimum Gasteiger partial charge on any atom is -0.471 e. The van der Waals surface area contributed by atoms with Gasteiger partial charge in [-0.3, -0.25) is 0 Å². The molecule has 0 amide bonds. The van der Waals surface area contributed by atoms with Gasteiger partial charge >= 0.3 is 5.97 Å². The number of hydrogen-bond donors (Lipinski definition) is 4. The number of rotatable bonds is 7. The highest BCUT2D eigenvalue weighted by molar-refractivity contribution is 5.89. The van der Waals surface area contributed by atoms with E-state index in [2.05, 4.69) is 11.3 Å². The van der Waals surface area contributed by atoms with Crippen molar-refractivity contribution >= 4 is 12.3 Å². The highest BCUT2D eigenvalue weighted by Crippen LogP contribution is 2.36. The summed E-state index contributed by atoms with van der Waals surface area (Å²) in [7, 11) is 1.20. The molecule has 8 atom stereocenters. The Labute approximate surface area is 155 Å². The zero-order chi connectivity index (χ0) is 20.1. The second-order valence-corrected chi connectivity index (χ2v) is 6.22. The molecule has 152 valence electrons. The van der Waals surface area contributed by atoms with Crippen LogP contribution in [-0.4, -0.2) is 83.4 Å². The van der Waals surface area contributed by atoms with Crippen molar-refractivity contribution in [3.63, 3.8) is 0 Å². The fraction of sp³-hybridized carbons (Fsp3) is 0.647. The van der Waals surface area contributed by atoms with Crippen LogP contribution in [0.15, 0.2) is 24.5 Å². The Morgan fingerprint density at radius 2 is 1.96 bits per heavy atom. The van der Waals surface area contributed by atoms with Crippen LogP contribution in [0.5, 0.6) is 0 Å². The Bertz CT molecular complexity index is 574. The Kier molecular flexibility index (Phi) is 7.48. The van der Waals surface area contributed by atoms with Crippen molar-refractivity contribution in [1.82, 2.24) is 0 Å². The quantitative estimate of drug-likeness (QED) is 0.224. The van der Waals surface area contributed by atoms with Crippen molar-refractivity contribution in [3.8, 4) is 0 Å². The van der Waals surface area contributed by atoms with Crippen molar-refractivity contribution in [3.05, 3.63) is 24.5 Å². The molecular weight excluding hydrogens is 364 g/mol. The van der Waals surface area contributed by atoms with Crippen molar-refractivity contribution in [1.29, 1.82) is 0 Å². The molecule has 1 fully saturated rings. The molecule has 0 unspecified atom stereocenters. The zero-order valence-electron chi connectivity index (χ0n) is 14.7. The first kappa shape index (κ1) is 21.5. The van der Waals surface area contributed by atoms with Gasteiger partial charge in [0.25, 0.3) is 0 Å². The lowest BCUT2D eigenvalue weighted by atomic mass is 9.82. The van der Waals surface area contributed by atoms with Crippen molar-refractivity contribution in [2.75, 3.05) is 13.7 Å². The molecule has 0 bridgehead atoms. The van der Waals surface area contributed by atoms with Gasteiger partial charge in [-0.25, -0.2) is 4.79 Å². The number of carbonyl (C=O) groups excluding carboxylic acids is 2. The van der Waals surface area contributed by atoms with Gasteiger partial charge in [-0.2, -0.15) is 0 Å². The molecule has 1 saturated heterocycles. The first-order chi connectivity index (χ1) is 12.9. The molecule has 0 aromatic carbocycles. The van der Waals surface area contributed by atoms with Gasteiger partial charge in [-0.05, 0) is 0 Å². The van der Waals surface area contributed by atoms with Crippen LogP contribution in [0.3, 0.4) is 0 Å². The van der Waals surface area contributed by atoms with E-state index in [9.17, 15) is 30.0 Å². The third-order valence-corrected chi connectivity index (χ3v) is 4.67. The summed E-state index contributed by atoms with van der Waals surface area (Å²) in [5.74, 6) is -1.99. The van der Waals surface area contributed by atoms with Gasteiger partial charge in [-0.1, -0.05) is 6.08 Å². The summed E-state index contributed by atoms with van der Waals surface area (Å²) in [6, 6.07) is 0. The van der Waals surface area contributed by atoms with Gasteiger partial charge in [0.05, 0.1) is 25.6 Å². The molecule has 0 spiro atoms. The van der Waals surface area contributed by atoms with Gasteiger partial charge in [0, 0.05) is 18.3 Å². The summed E-state index contributed by atoms with van der Waals surface area (Å²) in [5.41, 5.74) is 0.128. The summed E-state index contributed by atoms with van der Waals surface area (Å²) in [5, 5.41) is 39.0. The SMILES string of the molecule is C=C[C@@H]1[C@@H](O[C@H]2O[C@@H](CO)[C@H](O)[C@@H](O)[C@@H]2O)OC=C(C(=O)OC)[C@H]1CC=O. The summed E-state index contributed by atoms with van der Waals surface area (Å²) in [6.45, 7) is 3.06. The number of aliphatic hydroxyl groups is 4. The fourth-order valence-electron chi connectivity index (χ4n) is 3.13. The Morgan fingerprint density at radius 3 is 2.52 bits per heavy atom. The summed E-state index contributed by atoms with van der Waals surface area (Å²) < 4.78 is 21.0. The molecule has 27 heavy (non-hydrogen) atoms. The lowest BCUT2D eigenvalue weighted by molar-refractivity contribution is -0.339. The maximum atomic E-state index is 11.9. The second-order valence-electron chi connectivity index (χ2n) is 6.22. The Hall–Kier alpha value is -1.82. The number of methoxy groups -OCH3 is 1. The van der Waals surface area contributed by atoms with E-state index in [0.29, 0.717) is 6.29 Å². The lowest BCUT2D eigenvalue weighted by Crippen LogP contribution is -2.60. The van der Waals surface area contributed by atoms with Crippen LogP contribution in [0, 0.1) is 11.8 Å². The van der Waals surface area contributed by atoms with Gasteiger partial charge in [0.15, 0.2) is 6.29 Å². The van der Waals surface area contributed by atoms with E-state index in [-0.39, 0.29) is 12.0 Å². The predicted molar refractivity (Wildman–Crippen MR) is 87.7 cm³/mol. The van der Waals surface area contributed by atoms with Gasteiger partial charge < -0.3 is 44.2 Å². The average molecular weight is 388 g/mol. The molecule has 0 radical (unpaired) electrons. The van der Waals surface area contributed by atoms with E-state index >= 15 is 0 Å². The first-order valence-corrected chi connectivity index (χ1v) is 8.35. The highest BCUT2D eigenvalue weighted by Gasteiger charge is 2.47. The van der Waals surface area contributed by atoms with E-state index in [1.54, 1.807) is 0 Å². The van der Waals surface area contributed by atoms with Crippen LogP contribution in [0.25, 0.3) is 0 Å². The summed E-state index contributed by atoms with van der Waals surface area (Å²) in [6.07, 6.45) is -5.31. The van der Waals surface area contributed by atoms with Gasteiger partial charge in [-0.15, -0.1) is 6.58 Å². The maximum absolute atomic E-state index is 11.9.